The van der Waals surface area contributed by atoms with Crippen LogP contribution in [0.1, 0.15) is 66.7 Å². The van der Waals surface area contributed by atoms with Crippen LogP contribution in [0.4, 0.5) is 0 Å². The third kappa shape index (κ3) is 5.27. The molecule has 2 nitrogen and oxygen atoms in total. The number of hydrogen-bond acceptors (Lipinski definition) is 2. The monoisotopic (exact) mass is 255 g/mol. The van der Waals surface area contributed by atoms with Crippen molar-refractivity contribution in [3.63, 3.8) is 0 Å². The van der Waals surface area contributed by atoms with E-state index in [1.54, 1.807) is 7.11 Å². The molecule has 0 aromatic carbocycles. The zero-order valence-corrected chi connectivity index (χ0v) is 13.3. The topological polar surface area (TPSA) is 21.3 Å². The zero-order chi connectivity index (χ0) is 13.8. The van der Waals surface area contributed by atoms with Gasteiger partial charge in [0, 0.05) is 19.2 Å². The molecule has 0 heterocycles. The second kappa shape index (κ2) is 6.38. The highest BCUT2D eigenvalue weighted by Gasteiger charge is 2.38. The van der Waals surface area contributed by atoms with E-state index in [9.17, 15) is 0 Å². The summed E-state index contributed by atoms with van der Waals surface area (Å²) in [5.41, 5.74) is 0.923. The van der Waals surface area contributed by atoms with Gasteiger partial charge in [0.15, 0.2) is 0 Å². The maximum absolute atomic E-state index is 5.34. The van der Waals surface area contributed by atoms with Gasteiger partial charge in [0.25, 0.3) is 0 Å². The highest BCUT2D eigenvalue weighted by Crippen LogP contribution is 2.45. The molecule has 1 aliphatic rings. The summed E-state index contributed by atoms with van der Waals surface area (Å²) < 4.78 is 5.34. The molecule has 0 bridgehead atoms. The van der Waals surface area contributed by atoms with Gasteiger partial charge in [-0.15, -0.1) is 0 Å². The van der Waals surface area contributed by atoms with Gasteiger partial charge in [0.1, 0.15) is 0 Å². The average molecular weight is 255 g/mol. The fourth-order valence-electron chi connectivity index (χ4n) is 4.06. The molecule has 1 rings (SSSR count). The Morgan fingerprint density at radius 3 is 2.17 bits per heavy atom. The van der Waals surface area contributed by atoms with Crippen LogP contribution < -0.4 is 5.32 Å². The van der Waals surface area contributed by atoms with E-state index in [2.05, 4.69) is 39.9 Å². The first-order valence-corrected chi connectivity index (χ1v) is 7.53. The van der Waals surface area contributed by atoms with E-state index < -0.39 is 0 Å². The summed E-state index contributed by atoms with van der Waals surface area (Å²) in [5, 5.41) is 3.84. The van der Waals surface area contributed by atoms with Crippen molar-refractivity contribution in [1.82, 2.24) is 5.32 Å². The van der Waals surface area contributed by atoms with Crippen LogP contribution in [-0.2, 0) is 4.74 Å². The number of nitrogens with one attached hydrogen (secondary N) is 1. The van der Waals surface area contributed by atoms with Gasteiger partial charge < -0.3 is 10.1 Å². The molecule has 0 spiro atoms. The molecule has 0 saturated heterocycles. The Labute approximate surface area is 114 Å². The Balaban J connectivity index is 2.58. The van der Waals surface area contributed by atoms with Crippen molar-refractivity contribution in [3.8, 4) is 0 Å². The molecule has 0 radical (unpaired) electrons. The lowest BCUT2D eigenvalue weighted by molar-refractivity contribution is 0.0696. The second-order valence-electron chi connectivity index (χ2n) is 7.72. The summed E-state index contributed by atoms with van der Waals surface area (Å²) in [5.74, 6) is 0. The molecule has 1 fully saturated rings. The molecule has 1 N–H and O–H groups in total. The first-order chi connectivity index (χ1) is 8.28. The largest absolute Gasteiger partial charge is 0.383 e. The summed E-state index contributed by atoms with van der Waals surface area (Å²) in [6.45, 7) is 12.7. The Bertz CT molecular complexity index is 225. The van der Waals surface area contributed by atoms with Crippen LogP contribution in [0.15, 0.2) is 0 Å². The van der Waals surface area contributed by atoms with Crippen molar-refractivity contribution in [1.29, 1.82) is 0 Å². The van der Waals surface area contributed by atoms with Crippen molar-refractivity contribution in [2.45, 2.75) is 78.8 Å². The maximum Gasteiger partial charge on any atom is 0.0615 e. The van der Waals surface area contributed by atoms with E-state index in [4.69, 9.17) is 4.74 Å². The van der Waals surface area contributed by atoms with Gasteiger partial charge in [-0.1, -0.05) is 41.0 Å². The summed E-state index contributed by atoms with van der Waals surface area (Å²) in [7, 11) is 1.80. The second-order valence-corrected chi connectivity index (χ2v) is 7.72. The minimum absolute atomic E-state index is 0.462. The van der Waals surface area contributed by atoms with Gasteiger partial charge in [0.05, 0.1) is 6.61 Å². The molecule has 108 valence electrons. The van der Waals surface area contributed by atoms with E-state index in [0.29, 0.717) is 22.9 Å². The first kappa shape index (κ1) is 16.0. The minimum Gasteiger partial charge on any atom is -0.383 e. The smallest absolute Gasteiger partial charge is 0.0615 e. The van der Waals surface area contributed by atoms with Crippen molar-refractivity contribution >= 4 is 0 Å². The normalized spacial score (nSPS) is 25.0. The summed E-state index contributed by atoms with van der Waals surface area (Å²) in [4.78, 5) is 0. The predicted molar refractivity (Wildman–Crippen MR) is 78.9 cm³/mol. The van der Waals surface area contributed by atoms with Gasteiger partial charge in [0.2, 0.25) is 0 Å². The lowest BCUT2D eigenvalue weighted by atomic mass is 9.63. The molecule has 18 heavy (non-hydrogen) atoms. The molecule has 1 aliphatic carbocycles. The van der Waals surface area contributed by atoms with Crippen LogP contribution in [0.25, 0.3) is 0 Å². The molecule has 0 amide bonds. The Hall–Kier alpha value is -0.0800. The third-order valence-corrected chi connectivity index (χ3v) is 4.03. The summed E-state index contributed by atoms with van der Waals surface area (Å²) in [6, 6.07) is 1.17. The van der Waals surface area contributed by atoms with Crippen molar-refractivity contribution in [2.24, 2.45) is 10.8 Å². The standard InChI is InChI=1S/C16H33NO/c1-7-8-13(11-18-6)17-14-9-15(2,3)12-16(4,5)10-14/h13-14,17H,7-12H2,1-6H3. The van der Waals surface area contributed by atoms with Gasteiger partial charge in [-0.25, -0.2) is 0 Å². The lowest BCUT2D eigenvalue weighted by Crippen LogP contribution is -2.48. The average Bonchev–Trinajstić information content (AvgIpc) is 2.12. The van der Waals surface area contributed by atoms with E-state index in [0.717, 1.165) is 6.61 Å². The predicted octanol–water partition coefficient (Wildman–Crippen LogP) is 4.00. The number of methoxy groups -OCH3 is 1. The molecule has 1 unspecified atom stereocenters. The molecule has 0 aliphatic heterocycles. The summed E-state index contributed by atoms with van der Waals surface area (Å²) in [6.07, 6.45) is 6.35. The van der Waals surface area contributed by atoms with Crippen molar-refractivity contribution in [3.05, 3.63) is 0 Å². The molecule has 0 aromatic rings. The van der Waals surface area contributed by atoms with E-state index in [1.807, 2.05) is 0 Å². The first-order valence-electron chi connectivity index (χ1n) is 7.53. The highest BCUT2D eigenvalue weighted by molar-refractivity contribution is 4.93. The molecular formula is C16H33NO. The Kier molecular flexibility index (Phi) is 5.67. The number of hydrogen-bond donors (Lipinski definition) is 1. The van der Waals surface area contributed by atoms with E-state index in [-0.39, 0.29) is 0 Å². The van der Waals surface area contributed by atoms with Crippen LogP contribution in [0.2, 0.25) is 0 Å². The third-order valence-electron chi connectivity index (χ3n) is 4.03. The molecule has 1 atom stereocenters. The van der Waals surface area contributed by atoms with Crippen LogP contribution in [-0.4, -0.2) is 25.8 Å². The maximum atomic E-state index is 5.34. The van der Waals surface area contributed by atoms with Crippen LogP contribution >= 0.6 is 0 Å². The Morgan fingerprint density at radius 2 is 1.72 bits per heavy atom. The fraction of sp³-hybridized carbons (Fsp3) is 1.00. The van der Waals surface area contributed by atoms with Crippen LogP contribution in [0.3, 0.4) is 0 Å². The van der Waals surface area contributed by atoms with Crippen LogP contribution in [0.5, 0.6) is 0 Å². The highest BCUT2D eigenvalue weighted by atomic mass is 16.5. The number of rotatable bonds is 6. The zero-order valence-electron chi connectivity index (χ0n) is 13.3. The van der Waals surface area contributed by atoms with Gasteiger partial charge in [-0.2, -0.15) is 0 Å². The van der Waals surface area contributed by atoms with Gasteiger partial charge in [-0.3, -0.25) is 0 Å². The van der Waals surface area contributed by atoms with E-state index >= 15 is 0 Å². The molecular weight excluding hydrogens is 222 g/mol. The fourth-order valence-corrected chi connectivity index (χ4v) is 4.06. The lowest BCUT2D eigenvalue weighted by Gasteiger charge is -2.46. The Morgan fingerprint density at radius 1 is 1.17 bits per heavy atom. The molecule has 2 heteroatoms. The molecule has 1 saturated carbocycles. The minimum atomic E-state index is 0.462. The van der Waals surface area contributed by atoms with E-state index in [1.165, 1.54) is 32.1 Å². The van der Waals surface area contributed by atoms with Gasteiger partial charge in [-0.05, 0) is 36.5 Å². The SMILES string of the molecule is CCCC(COC)NC1CC(C)(C)CC(C)(C)C1. The quantitative estimate of drug-likeness (QED) is 0.774. The summed E-state index contributed by atoms with van der Waals surface area (Å²) >= 11 is 0. The van der Waals surface area contributed by atoms with Crippen molar-refractivity contribution in [2.75, 3.05) is 13.7 Å². The van der Waals surface area contributed by atoms with Crippen LogP contribution in [0, 0.1) is 10.8 Å². The van der Waals surface area contributed by atoms with Gasteiger partial charge >= 0.3 is 0 Å². The number of ether oxygens (including phenoxy) is 1. The molecule has 0 aromatic heterocycles. The van der Waals surface area contributed by atoms with Crippen molar-refractivity contribution < 1.29 is 4.74 Å².